The first-order chi connectivity index (χ1) is 14.5. The van der Waals surface area contributed by atoms with Gasteiger partial charge in [0.15, 0.2) is 12.7 Å². The molecule has 2 amide bonds. The van der Waals surface area contributed by atoms with Crippen molar-refractivity contribution in [3.8, 4) is 5.75 Å². The number of hydrogen-bond donors (Lipinski definition) is 1. The van der Waals surface area contributed by atoms with Gasteiger partial charge in [-0.25, -0.2) is 0 Å². The summed E-state index contributed by atoms with van der Waals surface area (Å²) in [7, 11) is 0. The van der Waals surface area contributed by atoms with Gasteiger partial charge in [0, 0.05) is 12.2 Å². The zero-order chi connectivity index (χ0) is 21.5. The number of carbonyl (C=O) groups excluding carboxylic acids is 3. The van der Waals surface area contributed by atoms with E-state index in [1.807, 2.05) is 30.3 Å². The molecule has 2 aromatic carbocycles. The predicted molar refractivity (Wildman–Crippen MR) is 114 cm³/mol. The second-order valence-corrected chi connectivity index (χ2v) is 7.12. The Morgan fingerprint density at radius 1 is 1.13 bits per heavy atom. The van der Waals surface area contributed by atoms with Crippen molar-refractivity contribution in [3.63, 3.8) is 0 Å². The van der Waals surface area contributed by atoms with E-state index in [0.29, 0.717) is 17.1 Å². The van der Waals surface area contributed by atoms with Crippen LogP contribution in [0.25, 0.3) is 0 Å². The molecule has 0 fully saturated rings. The molecule has 1 N–H and O–H groups in total. The predicted octanol–water partition coefficient (Wildman–Crippen LogP) is 3.33. The number of hydrogen-bond acceptors (Lipinski definition) is 5. The Balaban J connectivity index is 1.47. The number of rotatable bonds is 8. The summed E-state index contributed by atoms with van der Waals surface area (Å²) in [4.78, 5) is 38.0. The number of ether oxygens (including phenoxy) is 2. The van der Waals surface area contributed by atoms with E-state index < -0.39 is 18.0 Å². The number of anilines is 2. The fraction of sp³-hybridized carbons (Fsp3) is 0.348. The molecular weight excluding hydrogens is 384 g/mol. The maximum Gasteiger partial charge on any atom is 0.308 e. The first-order valence-corrected chi connectivity index (χ1v) is 10.1. The maximum absolute atomic E-state index is 12.4. The minimum Gasteiger partial charge on any atom is -0.479 e. The lowest BCUT2D eigenvalue weighted by Gasteiger charge is -2.32. The Kier molecular flexibility index (Phi) is 7.06. The van der Waals surface area contributed by atoms with Crippen LogP contribution in [-0.2, 0) is 25.5 Å². The third-order valence-corrected chi connectivity index (χ3v) is 4.75. The number of nitrogens with zero attached hydrogens (tertiary/aromatic N) is 1. The molecule has 1 aliphatic heterocycles. The van der Waals surface area contributed by atoms with Crippen molar-refractivity contribution in [2.45, 2.75) is 39.2 Å². The summed E-state index contributed by atoms with van der Waals surface area (Å²) in [5.41, 5.74) is 2.48. The van der Waals surface area contributed by atoms with E-state index >= 15 is 0 Å². The minimum atomic E-state index is -0.620. The number of aryl methyl sites for hydroxylation is 1. The van der Waals surface area contributed by atoms with Crippen LogP contribution in [0.2, 0.25) is 0 Å². The van der Waals surface area contributed by atoms with Crippen LogP contribution in [0, 0.1) is 0 Å². The van der Waals surface area contributed by atoms with Crippen molar-refractivity contribution in [1.82, 2.24) is 0 Å². The van der Waals surface area contributed by atoms with Crippen LogP contribution in [-0.4, -0.2) is 37.0 Å². The molecule has 0 aromatic heterocycles. The highest BCUT2D eigenvalue weighted by molar-refractivity contribution is 6.00. The smallest absolute Gasteiger partial charge is 0.308 e. The van der Waals surface area contributed by atoms with E-state index in [4.69, 9.17) is 9.47 Å². The fourth-order valence-corrected chi connectivity index (χ4v) is 3.25. The summed E-state index contributed by atoms with van der Waals surface area (Å²) in [6, 6.07) is 14.7. The van der Waals surface area contributed by atoms with Crippen LogP contribution in [0.4, 0.5) is 11.4 Å². The lowest BCUT2D eigenvalue weighted by Crippen LogP contribution is -2.45. The number of nitrogens with one attached hydrogen (secondary N) is 1. The molecular formula is C23H26N2O5. The largest absolute Gasteiger partial charge is 0.479 e. The second-order valence-electron chi connectivity index (χ2n) is 7.12. The Hall–Kier alpha value is -3.35. The van der Waals surface area contributed by atoms with Gasteiger partial charge < -0.3 is 19.7 Å². The highest BCUT2D eigenvalue weighted by atomic mass is 16.5. The van der Waals surface area contributed by atoms with E-state index in [9.17, 15) is 14.4 Å². The standard InChI is InChI=1S/C23H26N2O5/c1-3-6-17-9-11-18(12-10-17)24-21(26)15-29-22(27)13-14-25-19-7-4-5-8-20(19)30-16(2)23(25)28/h4-5,7-12,16H,3,6,13-15H2,1-2H3,(H,24,26). The third kappa shape index (κ3) is 5.37. The molecule has 0 radical (unpaired) electrons. The normalized spacial score (nSPS) is 15.2. The van der Waals surface area contributed by atoms with Crippen LogP contribution >= 0.6 is 0 Å². The van der Waals surface area contributed by atoms with Gasteiger partial charge in [0.05, 0.1) is 12.1 Å². The van der Waals surface area contributed by atoms with Gasteiger partial charge in [-0.1, -0.05) is 37.6 Å². The highest BCUT2D eigenvalue weighted by Gasteiger charge is 2.31. The Bertz CT molecular complexity index is 910. The number of carbonyl (C=O) groups is 3. The molecule has 0 bridgehead atoms. The highest BCUT2D eigenvalue weighted by Crippen LogP contribution is 2.33. The van der Waals surface area contributed by atoms with Crippen molar-refractivity contribution in [2.24, 2.45) is 0 Å². The maximum atomic E-state index is 12.4. The van der Waals surface area contributed by atoms with Crippen molar-refractivity contribution in [1.29, 1.82) is 0 Å². The SMILES string of the molecule is CCCc1ccc(NC(=O)COC(=O)CCN2C(=O)C(C)Oc3ccccc32)cc1. The van der Waals surface area contributed by atoms with E-state index in [1.54, 1.807) is 25.1 Å². The monoisotopic (exact) mass is 410 g/mol. The lowest BCUT2D eigenvalue weighted by atomic mass is 10.1. The van der Waals surface area contributed by atoms with Gasteiger partial charge in [-0.05, 0) is 43.2 Å². The van der Waals surface area contributed by atoms with E-state index in [0.717, 1.165) is 12.8 Å². The molecule has 1 atom stereocenters. The summed E-state index contributed by atoms with van der Waals surface area (Å²) in [5, 5.41) is 2.70. The van der Waals surface area contributed by atoms with Crippen molar-refractivity contribution >= 4 is 29.2 Å². The summed E-state index contributed by atoms with van der Waals surface area (Å²) in [5.74, 6) is -0.575. The molecule has 7 nitrogen and oxygen atoms in total. The van der Waals surface area contributed by atoms with Gasteiger partial charge >= 0.3 is 5.97 Å². The molecule has 0 spiro atoms. The number of benzene rings is 2. The van der Waals surface area contributed by atoms with Crippen LogP contribution in [0.3, 0.4) is 0 Å². The fourth-order valence-electron chi connectivity index (χ4n) is 3.25. The van der Waals surface area contributed by atoms with Gasteiger partial charge in [0.1, 0.15) is 5.75 Å². The summed E-state index contributed by atoms with van der Waals surface area (Å²) in [6.07, 6.45) is 1.40. The van der Waals surface area contributed by atoms with Crippen molar-refractivity contribution < 1.29 is 23.9 Å². The third-order valence-electron chi connectivity index (χ3n) is 4.75. The Labute approximate surface area is 176 Å². The van der Waals surface area contributed by atoms with E-state index in [1.165, 1.54) is 10.5 Å². The Morgan fingerprint density at radius 2 is 1.87 bits per heavy atom. The molecule has 1 aliphatic rings. The average molecular weight is 410 g/mol. The number of fused-ring (bicyclic) bond motifs is 1. The molecule has 7 heteroatoms. The molecule has 0 saturated heterocycles. The molecule has 1 unspecified atom stereocenters. The summed E-state index contributed by atoms with van der Waals surface area (Å²) >= 11 is 0. The van der Waals surface area contributed by atoms with Crippen molar-refractivity contribution in [2.75, 3.05) is 23.4 Å². The quantitative estimate of drug-likeness (QED) is 0.675. The van der Waals surface area contributed by atoms with E-state index in [-0.39, 0.29) is 25.5 Å². The first-order valence-electron chi connectivity index (χ1n) is 10.1. The van der Waals surface area contributed by atoms with Crippen molar-refractivity contribution in [3.05, 3.63) is 54.1 Å². The topological polar surface area (TPSA) is 84.9 Å². The van der Waals surface area contributed by atoms with Crippen LogP contribution < -0.4 is 15.0 Å². The second kappa shape index (κ2) is 9.91. The zero-order valence-corrected chi connectivity index (χ0v) is 17.2. The first kappa shape index (κ1) is 21.4. The van der Waals surface area contributed by atoms with Gasteiger partial charge in [0.2, 0.25) is 0 Å². The summed E-state index contributed by atoms with van der Waals surface area (Å²) in [6.45, 7) is 3.56. The molecule has 1 heterocycles. The molecule has 2 aromatic rings. The van der Waals surface area contributed by atoms with Gasteiger partial charge in [-0.3, -0.25) is 14.4 Å². The molecule has 0 saturated carbocycles. The average Bonchev–Trinajstić information content (AvgIpc) is 2.74. The minimum absolute atomic E-state index is 0.0220. The van der Waals surface area contributed by atoms with Crippen LogP contribution in [0.1, 0.15) is 32.3 Å². The van der Waals surface area contributed by atoms with E-state index in [2.05, 4.69) is 12.2 Å². The summed E-state index contributed by atoms with van der Waals surface area (Å²) < 4.78 is 10.6. The molecule has 30 heavy (non-hydrogen) atoms. The van der Waals surface area contributed by atoms with Crippen LogP contribution in [0.5, 0.6) is 5.75 Å². The Morgan fingerprint density at radius 3 is 2.60 bits per heavy atom. The number of esters is 1. The van der Waals surface area contributed by atoms with Crippen LogP contribution in [0.15, 0.2) is 48.5 Å². The van der Waals surface area contributed by atoms with Gasteiger partial charge in [-0.2, -0.15) is 0 Å². The molecule has 3 rings (SSSR count). The molecule has 158 valence electrons. The lowest BCUT2D eigenvalue weighted by molar-refractivity contribution is -0.147. The number of para-hydroxylation sites is 2. The van der Waals surface area contributed by atoms with Gasteiger partial charge in [0.25, 0.3) is 11.8 Å². The zero-order valence-electron chi connectivity index (χ0n) is 17.2. The number of amides is 2. The molecule has 0 aliphatic carbocycles. The van der Waals surface area contributed by atoms with Gasteiger partial charge in [-0.15, -0.1) is 0 Å².